The Kier molecular flexibility index (Phi) is 16.1. The number of hydrogen-bond donors (Lipinski definition) is 2. The fraction of sp³-hybridized carbons (Fsp3) is 0.613. The highest BCUT2D eigenvalue weighted by molar-refractivity contribution is 8.01. The summed E-state index contributed by atoms with van der Waals surface area (Å²) in [6.07, 6.45) is 14.8. The van der Waals surface area contributed by atoms with Gasteiger partial charge in [0.1, 0.15) is 34.1 Å². The number of fused-ring (bicyclic) bond motifs is 1. The van der Waals surface area contributed by atoms with Gasteiger partial charge in [-0.3, -0.25) is 19.3 Å². The number of nitrogens with two attached hydrogens (primary N) is 1. The number of esters is 2. The molecule has 0 aliphatic carbocycles. The summed E-state index contributed by atoms with van der Waals surface area (Å²) < 4.78 is 15.3. The van der Waals surface area contributed by atoms with Gasteiger partial charge in [0.2, 0.25) is 6.79 Å². The molecule has 2 amide bonds. The van der Waals surface area contributed by atoms with E-state index in [1.54, 1.807) is 11.6 Å². The Balaban J connectivity index is 1.28. The lowest BCUT2D eigenvalue weighted by atomic mass is 10.0. The van der Waals surface area contributed by atoms with Crippen LogP contribution in [0.15, 0.2) is 32.2 Å². The summed E-state index contributed by atoms with van der Waals surface area (Å²) >= 11 is 5.18. The van der Waals surface area contributed by atoms with Crippen molar-refractivity contribution in [2.45, 2.75) is 99.6 Å². The van der Waals surface area contributed by atoms with Crippen molar-refractivity contribution in [1.82, 2.24) is 24.8 Å². The molecular weight excluding hydrogens is 711 g/mol. The molecule has 4 rings (SSSR count). The molecule has 1 saturated heterocycles. The Morgan fingerprint density at radius 3 is 2.43 bits per heavy atom. The maximum atomic E-state index is 13.5. The van der Waals surface area contributed by atoms with Gasteiger partial charge in [-0.15, -0.1) is 40.0 Å². The van der Waals surface area contributed by atoms with Crippen molar-refractivity contribution in [3.63, 3.8) is 0 Å². The van der Waals surface area contributed by atoms with Crippen molar-refractivity contribution < 1.29 is 33.5 Å². The average molecular weight is 754 g/mol. The van der Waals surface area contributed by atoms with Gasteiger partial charge in [0.05, 0.1) is 6.20 Å². The van der Waals surface area contributed by atoms with Crippen LogP contribution in [0.5, 0.6) is 0 Å². The van der Waals surface area contributed by atoms with Crippen LogP contribution in [0.4, 0.5) is 5.13 Å². The third-order valence-corrected chi connectivity index (χ3v) is 11.7. The molecule has 4 heterocycles. The third-order valence-electron chi connectivity index (χ3n) is 7.81. The van der Waals surface area contributed by atoms with Gasteiger partial charge in [-0.25, -0.2) is 9.78 Å². The molecule has 2 atom stereocenters. The fourth-order valence-electron chi connectivity index (χ4n) is 5.29. The van der Waals surface area contributed by atoms with E-state index in [4.69, 9.17) is 20.0 Å². The SMILES string of the molecule is CCCCCCCCCCCCCC(=O)OCOC(=O)C1=C(CSc2cnns2)CS[C@@H]2[C@H](NC(=O)/C(=N\OC)c3csc(N)n3)C(=O)N12. The predicted octanol–water partition coefficient (Wildman–Crippen LogP) is 5.12. The van der Waals surface area contributed by atoms with E-state index in [0.29, 0.717) is 23.5 Å². The lowest BCUT2D eigenvalue weighted by Crippen LogP contribution is -2.71. The number of carbonyl (C=O) groups is 4. The number of carbonyl (C=O) groups excluding carboxylic acids is 4. The summed E-state index contributed by atoms with van der Waals surface area (Å²) in [5.74, 6) is -1.64. The van der Waals surface area contributed by atoms with Crippen LogP contribution in [0.1, 0.15) is 89.7 Å². The van der Waals surface area contributed by atoms with E-state index < -0.39 is 42.0 Å². The number of oxime groups is 1. The molecule has 0 radical (unpaired) electrons. The number of amides is 2. The Morgan fingerprint density at radius 1 is 1.08 bits per heavy atom. The zero-order chi connectivity index (χ0) is 35.0. The molecule has 2 aromatic heterocycles. The van der Waals surface area contributed by atoms with Gasteiger partial charge in [0, 0.05) is 23.3 Å². The molecule has 0 bridgehead atoms. The second-order valence-corrected chi connectivity index (χ2v) is 15.4. The van der Waals surface area contributed by atoms with Gasteiger partial charge in [0.15, 0.2) is 10.8 Å². The Hall–Kier alpha value is -3.22. The zero-order valence-corrected chi connectivity index (χ0v) is 31.0. The molecule has 49 heavy (non-hydrogen) atoms. The number of nitrogens with one attached hydrogen (secondary N) is 1. The summed E-state index contributed by atoms with van der Waals surface area (Å²) in [5, 5.41) is 11.5. The van der Waals surface area contributed by atoms with E-state index in [-0.39, 0.29) is 28.7 Å². The van der Waals surface area contributed by atoms with Crippen LogP contribution in [0.3, 0.4) is 0 Å². The minimum absolute atomic E-state index is 0.0729. The van der Waals surface area contributed by atoms with Crippen molar-refractivity contribution in [2.24, 2.45) is 5.16 Å². The Morgan fingerprint density at radius 2 is 1.80 bits per heavy atom. The van der Waals surface area contributed by atoms with Crippen LogP contribution < -0.4 is 11.1 Å². The first-order chi connectivity index (χ1) is 23.8. The zero-order valence-electron chi connectivity index (χ0n) is 27.7. The van der Waals surface area contributed by atoms with Crippen molar-refractivity contribution in [1.29, 1.82) is 0 Å². The summed E-state index contributed by atoms with van der Waals surface area (Å²) in [7, 11) is 1.29. The normalized spacial score (nSPS) is 17.4. The van der Waals surface area contributed by atoms with E-state index in [1.807, 2.05) is 0 Å². The molecule has 2 aliphatic rings. The third kappa shape index (κ3) is 11.4. The first-order valence-corrected chi connectivity index (χ1v) is 20.1. The second kappa shape index (κ2) is 20.5. The van der Waals surface area contributed by atoms with Crippen LogP contribution in [0, 0.1) is 0 Å². The molecule has 2 aromatic rings. The standard InChI is InChI=1S/C31H43N7O7S4/c1-3-4-5-6-7-8-9-10-11-12-13-14-22(39)44-19-45-30(42)26-20(16-46-23-15-33-37-49-23)17-47-29-25(28(41)38(26)29)35-27(40)24(36-43-2)21-18-48-31(32)34-21/h15,18,25,29H,3-14,16-17,19H2,1-2H3,(H2,32,34)(H,35,40)/b36-24-/t25-,29-/m1/s1. The molecule has 3 N–H and O–H groups in total. The molecule has 0 unspecified atom stereocenters. The number of hydrogen-bond acceptors (Lipinski definition) is 16. The number of β-lactam (4-membered cyclic amide) rings is 1. The first kappa shape index (κ1) is 38.6. The van der Waals surface area contributed by atoms with Crippen LogP contribution in [0.25, 0.3) is 0 Å². The first-order valence-electron chi connectivity index (χ1n) is 16.4. The van der Waals surface area contributed by atoms with Crippen molar-refractivity contribution in [2.75, 3.05) is 31.1 Å². The van der Waals surface area contributed by atoms with E-state index >= 15 is 0 Å². The van der Waals surface area contributed by atoms with Crippen molar-refractivity contribution in [3.8, 4) is 0 Å². The van der Waals surface area contributed by atoms with Gasteiger partial charge < -0.3 is 25.4 Å². The Labute approximate surface area is 302 Å². The number of thioether (sulfide) groups is 2. The molecule has 14 nitrogen and oxygen atoms in total. The molecule has 0 saturated carbocycles. The van der Waals surface area contributed by atoms with Crippen LogP contribution in [0.2, 0.25) is 0 Å². The number of nitrogens with zero attached hydrogens (tertiary/aromatic N) is 5. The van der Waals surface area contributed by atoms with E-state index in [2.05, 4.69) is 32.0 Å². The second-order valence-electron chi connectivity index (χ2n) is 11.4. The molecule has 18 heteroatoms. The van der Waals surface area contributed by atoms with E-state index in [0.717, 1.165) is 34.8 Å². The fourth-order valence-corrected chi connectivity index (χ4v) is 8.74. The summed E-state index contributed by atoms with van der Waals surface area (Å²) in [6, 6.07) is -0.943. The number of ether oxygens (including phenoxy) is 2. The summed E-state index contributed by atoms with van der Waals surface area (Å²) in [6.45, 7) is 1.66. The molecule has 0 spiro atoms. The van der Waals surface area contributed by atoms with Crippen LogP contribution >= 0.6 is 46.4 Å². The van der Waals surface area contributed by atoms with Crippen molar-refractivity contribution in [3.05, 3.63) is 28.5 Å². The van der Waals surface area contributed by atoms with Crippen molar-refractivity contribution >= 4 is 81.0 Å². The quantitative estimate of drug-likeness (QED) is 0.0307. The number of thiazole rings is 1. The van der Waals surface area contributed by atoms with Gasteiger partial charge in [0.25, 0.3) is 11.8 Å². The van der Waals surface area contributed by atoms with E-state index in [9.17, 15) is 19.2 Å². The van der Waals surface area contributed by atoms with Gasteiger partial charge in [-0.1, -0.05) is 80.8 Å². The minimum atomic E-state index is -0.943. The van der Waals surface area contributed by atoms with Gasteiger partial charge in [-0.2, -0.15) is 0 Å². The van der Waals surface area contributed by atoms with Gasteiger partial charge in [-0.05, 0) is 23.5 Å². The minimum Gasteiger partial charge on any atom is -0.428 e. The Bertz CT molecular complexity index is 1470. The van der Waals surface area contributed by atoms with Crippen LogP contribution in [-0.4, -0.2) is 85.8 Å². The summed E-state index contributed by atoms with van der Waals surface area (Å²) in [5.41, 5.74) is 6.52. The smallest absolute Gasteiger partial charge is 0.357 e. The predicted molar refractivity (Wildman–Crippen MR) is 191 cm³/mol. The molecule has 2 aliphatic heterocycles. The molecule has 268 valence electrons. The number of unbranched alkanes of at least 4 members (excludes halogenated alkanes) is 10. The highest BCUT2D eigenvalue weighted by Gasteiger charge is 2.54. The lowest BCUT2D eigenvalue weighted by molar-refractivity contribution is -0.168. The molecular formula is C31H43N7O7S4. The average Bonchev–Trinajstić information content (AvgIpc) is 3.78. The monoisotopic (exact) mass is 753 g/mol. The lowest BCUT2D eigenvalue weighted by Gasteiger charge is -2.49. The van der Waals surface area contributed by atoms with E-state index in [1.165, 1.54) is 92.0 Å². The topological polar surface area (TPSA) is 188 Å². The summed E-state index contributed by atoms with van der Waals surface area (Å²) in [4.78, 5) is 62.5. The highest BCUT2D eigenvalue weighted by Crippen LogP contribution is 2.42. The number of aromatic nitrogens is 3. The maximum absolute atomic E-state index is 13.5. The largest absolute Gasteiger partial charge is 0.428 e. The van der Waals surface area contributed by atoms with Crippen LogP contribution in [-0.2, 0) is 33.5 Å². The highest BCUT2D eigenvalue weighted by atomic mass is 32.2. The van der Waals surface area contributed by atoms with Gasteiger partial charge >= 0.3 is 11.9 Å². The number of rotatable bonds is 22. The molecule has 0 aromatic carbocycles. The molecule has 1 fully saturated rings. The maximum Gasteiger partial charge on any atom is 0.357 e. The number of nitrogen functional groups attached to an aromatic ring is 1. The number of anilines is 1.